The second-order valence-electron chi connectivity index (χ2n) is 3.92. The zero-order chi connectivity index (χ0) is 11.5. The summed E-state index contributed by atoms with van der Waals surface area (Å²) in [5.41, 5.74) is 2.68. The zero-order valence-corrected chi connectivity index (χ0v) is 9.10. The molecule has 2 rings (SSSR count). The summed E-state index contributed by atoms with van der Waals surface area (Å²) in [6, 6.07) is 0.312. The first-order valence-corrected chi connectivity index (χ1v) is 5.34. The quantitative estimate of drug-likeness (QED) is 0.502. The van der Waals surface area contributed by atoms with Gasteiger partial charge in [0.2, 0.25) is 0 Å². The lowest BCUT2D eigenvalue weighted by molar-refractivity contribution is 0.0943. The molecule has 0 saturated heterocycles. The number of nitrogen functional groups attached to an aromatic ring is 1. The molecule has 6 heteroatoms. The van der Waals surface area contributed by atoms with Gasteiger partial charge in [0.25, 0.3) is 5.91 Å². The van der Waals surface area contributed by atoms with Gasteiger partial charge in [0.05, 0.1) is 12.4 Å². The van der Waals surface area contributed by atoms with Gasteiger partial charge in [-0.3, -0.25) is 4.79 Å². The van der Waals surface area contributed by atoms with Crippen molar-refractivity contribution in [2.75, 3.05) is 5.43 Å². The maximum Gasteiger partial charge on any atom is 0.271 e. The zero-order valence-electron chi connectivity index (χ0n) is 9.10. The molecule has 16 heavy (non-hydrogen) atoms. The number of carbonyl (C=O) groups excluding carboxylic acids is 1. The molecule has 0 radical (unpaired) electrons. The van der Waals surface area contributed by atoms with E-state index in [0.717, 1.165) is 12.8 Å². The highest BCUT2D eigenvalue weighted by Gasteiger charge is 2.36. The first kappa shape index (κ1) is 10.8. The van der Waals surface area contributed by atoms with E-state index in [2.05, 4.69) is 27.6 Å². The summed E-state index contributed by atoms with van der Waals surface area (Å²) in [7, 11) is 0. The maximum atomic E-state index is 11.7. The molecule has 0 spiro atoms. The molecule has 1 aromatic heterocycles. The number of hydrazine groups is 1. The van der Waals surface area contributed by atoms with E-state index in [-0.39, 0.29) is 5.91 Å². The lowest BCUT2D eigenvalue weighted by Crippen LogP contribution is -2.27. The maximum absolute atomic E-state index is 11.7. The summed E-state index contributed by atoms with van der Waals surface area (Å²) in [6.45, 7) is 2.12. The van der Waals surface area contributed by atoms with Crippen LogP contribution in [0.1, 0.15) is 30.3 Å². The Morgan fingerprint density at radius 1 is 1.56 bits per heavy atom. The lowest BCUT2D eigenvalue weighted by atomic mass is 10.3. The Kier molecular flexibility index (Phi) is 3.00. The van der Waals surface area contributed by atoms with Gasteiger partial charge in [-0.2, -0.15) is 0 Å². The third-order valence-electron chi connectivity index (χ3n) is 2.80. The van der Waals surface area contributed by atoms with Gasteiger partial charge in [-0.25, -0.2) is 15.8 Å². The van der Waals surface area contributed by atoms with E-state index in [1.807, 2.05) is 0 Å². The molecule has 0 bridgehead atoms. The third-order valence-corrected chi connectivity index (χ3v) is 2.80. The Hall–Kier alpha value is -1.69. The largest absolute Gasteiger partial charge is 0.348 e. The molecule has 6 nitrogen and oxygen atoms in total. The van der Waals surface area contributed by atoms with Crippen LogP contribution in [0.15, 0.2) is 12.4 Å². The van der Waals surface area contributed by atoms with Gasteiger partial charge in [0.1, 0.15) is 5.69 Å². The van der Waals surface area contributed by atoms with Gasteiger partial charge in [-0.1, -0.05) is 13.3 Å². The molecule has 1 heterocycles. The number of aromatic nitrogens is 2. The Morgan fingerprint density at radius 2 is 2.38 bits per heavy atom. The molecule has 2 atom stereocenters. The summed E-state index contributed by atoms with van der Waals surface area (Å²) in [5, 5.41) is 2.92. The van der Waals surface area contributed by atoms with Crippen molar-refractivity contribution < 1.29 is 4.79 Å². The molecule has 2 unspecified atom stereocenters. The summed E-state index contributed by atoms with van der Waals surface area (Å²) in [4.78, 5) is 19.6. The monoisotopic (exact) mass is 221 g/mol. The minimum absolute atomic E-state index is 0.169. The molecule has 86 valence electrons. The average Bonchev–Trinajstić information content (AvgIpc) is 3.07. The molecule has 0 aromatic carbocycles. The van der Waals surface area contributed by atoms with Crippen LogP contribution in [0.5, 0.6) is 0 Å². The van der Waals surface area contributed by atoms with Gasteiger partial charge in [-0.15, -0.1) is 0 Å². The molecular formula is C10H15N5O. The molecule has 1 amide bonds. The van der Waals surface area contributed by atoms with Crippen molar-refractivity contribution in [3.8, 4) is 0 Å². The second-order valence-corrected chi connectivity index (χ2v) is 3.92. The summed E-state index contributed by atoms with van der Waals surface area (Å²) in [5.74, 6) is 6.05. The van der Waals surface area contributed by atoms with Crippen LogP contribution in [0.25, 0.3) is 0 Å². The van der Waals surface area contributed by atoms with Crippen LogP contribution < -0.4 is 16.6 Å². The van der Waals surface area contributed by atoms with E-state index in [0.29, 0.717) is 23.5 Å². The number of hydrogen-bond donors (Lipinski definition) is 3. The Morgan fingerprint density at radius 3 is 2.88 bits per heavy atom. The lowest BCUT2D eigenvalue weighted by Gasteiger charge is -2.03. The molecule has 1 aliphatic carbocycles. The first-order chi connectivity index (χ1) is 7.74. The van der Waals surface area contributed by atoms with Gasteiger partial charge < -0.3 is 10.7 Å². The van der Waals surface area contributed by atoms with Crippen molar-refractivity contribution in [3.05, 3.63) is 18.1 Å². The molecular weight excluding hydrogens is 206 g/mol. The number of rotatable bonds is 4. The van der Waals surface area contributed by atoms with Crippen LogP contribution in [-0.4, -0.2) is 21.9 Å². The van der Waals surface area contributed by atoms with Crippen molar-refractivity contribution in [1.29, 1.82) is 0 Å². The minimum Gasteiger partial charge on any atom is -0.348 e. The van der Waals surface area contributed by atoms with Crippen molar-refractivity contribution >= 4 is 11.7 Å². The van der Waals surface area contributed by atoms with Crippen LogP contribution >= 0.6 is 0 Å². The fourth-order valence-electron chi connectivity index (χ4n) is 1.64. The van der Waals surface area contributed by atoms with Crippen molar-refractivity contribution in [2.45, 2.75) is 25.8 Å². The fourth-order valence-corrected chi connectivity index (χ4v) is 1.64. The number of anilines is 1. The molecule has 1 aliphatic rings. The number of carbonyl (C=O) groups is 1. The van der Waals surface area contributed by atoms with E-state index < -0.39 is 0 Å². The van der Waals surface area contributed by atoms with E-state index in [1.165, 1.54) is 12.4 Å². The summed E-state index contributed by atoms with van der Waals surface area (Å²) in [6.07, 6.45) is 5.01. The van der Waals surface area contributed by atoms with Crippen molar-refractivity contribution in [3.63, 3.8) is 0 Å². The summed E-state index contributed by atoms with van der Waals surface area (Å²) >= 11 is 0. The van der Waals surface area contributed by atoms with E-state index >= 15 is 0 Å². The van der Waals surface area contributed by atoms with Crippen LogP contribution in [0.3, 0.4) is 0 Å². The van der Waals surface area contributed by atoms with E-state index in [9.17, 15) is 4.79 Å². The molecule has 0 aliphatic heterocycles. The fraction of sp³-hybridized carbons (Fsp3) is 0.500. The Labute approximate surface area is 93.6 Å². The third kappa shape index (κ3) is 2.27. The van der Waals surface area contributed by atoms with Crippen molar-refractivity contribution in [2.24, 2.45) is 11.8 Å². The highest BCUT2D eigenvalue weighted by molar-refractivity contribution is 5.92. The number of nitrogens with zero attached hydrogens (tertiary/aromatic N) is 2. The van der Waals surface area contributed by atoms with Gasteiger partial charge in [-0.05, 0) is 12.3 Å². The first-order valence-electron chi connectivity index (χ1n) is 5.34. The van der Waals surface area contributed by atoms with E-state index in [1.54, 1.807) is 0 Å². The van der Waals surface area contributed by atoms with E-state index in [4.69, 9.17) is 5.84 Å². The van der Waals surface area contributed by atoms with Gasteiger partial charge in [0, 0.05) is 6.04 Å². The molecule has 1 saturated carbocycles. The number of amides is 1. The van der Waals surface area contributed by atoms with Crippen LogP contribution in [0, 0.1) is 5.92 Å². The van der Waals surface area contributed by atoms with Gasteiger partial charge >= 0.3 is 0 Å². The van der Waals surface area contributed by atoms with Crippen molar-refractivity contribution in [1.82, 2.24) is 15.3 Å². The molecule has 1 fully saturated rings. The SMILES string of the molecule is CCC1CC1NC(=O)c1cnc(NN)cn1. The predicted molar refractivity (Wildman–Crippen MR) is 59.5 cm³/mol. The Bertz CT molecular complexity index is 377. The average molecular weight is 221 g/mol. The van der Waals surface area contributed by atoms with Crippen LogP contribution in [0.2, 0.25) is 0 Å². The smallest absolute Gasteiger partial charge is 0.271 e. The number of nitrogens with two attached hydrogens (primary N) is 1. The minimum atomic E-state index is -0.169. The number of nitrogens with one attached hydrogen (secondary N) is 2. The molecule has 4 N–H and O–H groups in total. The Balaban J connectivity index is 1.93. The molecule has 1 aromatic rings. The van der Waals surface area contributed by atoms with Gasteiger partial charge in [0.15, 0.2) is 5.82 Å². The highest BCUT2D eigenvalue weighted by Crippen LogP contribution is 2.33. The standard InChI is InChI=1S/C10H15N5O/c1-2-6-3-7(6)14-10(16)8-4-13-9(15-11)5-12-8/h4-7H,2-3,11H2,1H3,(H,13,15)(H,14,16). The summed E-state index contributed by atoms with van der Waals surface area (Å²) < 4.78 is 0. The topological polar surface area (TPSA) is 92.9 Å². The highest BCUT2D eigenvalue weighted by atomic mass is 16.2. The number of hydrogen-bond acceptors (Lipinski definition) is 5. The second kappa shape index (κ2) is 4.44. The van der Waals surface area contributed by atoms with Crippen LogP contribution in [-0.2, 0) is 0 Å². The van der Waals surface area contributed by atoms with Crippen LogP contribution in [0.4, 0.5) is 5.82 Å². The normalized spacial score (nSPS) is 22.6. The predicted octanol–water partition coefficient (Wildman–Crippen LogP) is 0.290.